The quantitative estimate of drug-likeness (QED) is 0.0282. The van der Waals surface area contributed by atoms with E-state index in [1.54, 1.807) is 59.6 Å². The fraction of sp³-hybridized carbons (Fsp3) is 0.429. The summed E-state index contributed by atoms with van der Waals surface area (Å²) in [6, 6.07) is 20.2. The molecule has 0 saturated carbocycles. The van der Waals surface area contributed by atoms with Gasteiger partial charge in [-0.1, -0.05) is 58.9 Å². The highest BCUT2D eigenvalue weighted by Crippen LogP contribution is 2.28. The lowest BCUT2D eigenvalue weighted by atomic mass is 10.1. The Kier molecular flexibility index (Phi) is 20.2. The van der Waals surface area contributed by atoms with Gasteiger partial charge in [-0.25, -0.2) is 19.0 Å². The third-order valence-electron chi connectivity index (χ3n) is 11.0. The molecule has 0 saturated heterocycles. The summed E-state index contributed by atoms with van der Waals surface area (Å²) in [6.45, 7) is 23.9. The molecule has 18 nitrogen and oxygen atoms in total. The van der Waals surface area contributed by atoms with E-state index in [4.69, 9.17) is 18.6 Å². The van der Waals surface area contributed by atoms with Crippen molar-refractivity contribution in [3.63, 3.8) is 0 Å². The number of ether oxygens (including phenoxy) is 3. The highest BCUT2D eigenvalue weighted by molar-refractivity contribution is 14.1. The van der Waals surface area contributed by atoms with Crippen LogP contribution in [0.1, 0.15) is 41.8 Å². The van der Waals surface area contributed by atoms with Gasteiger partial charge in [-0.05, 0) is 95.3 Å². The van der Waals surface area contributed by atoms with Gasteiger partial charge in [-0.15, -0.1) is 0 Å². The maximum absolute atomic E-state index is 12.2. The number of carbonyl (C=O) groups excluding carboxylic acids is 4. The lowest BCUT2D eigenvalue weighted by molar-refractivity contribution is 0.0803. The van der Waals surface area contributed by atoms with Crippen LogP contribution in [0, 0.1) is 3.57 Å². The third-order valence-corrected chi connectivity index (χ3v) is 16.8. The molecule has 0 fully saturated rings. The van der Waals surface area contributed by atoms with Gasteiger partial charge in [-0.3, -0.25) is 19.2 Å². The molecule has 382 valence electrons. The van der Waals surface area contributed by atoms with Crippen molar-refractivity contribution in [3.8, 4) is 11.3 Å². The lowest BCUT2D eigenvalue weighted by Crippen LogP contribution is -2.22. The minimum atomic E-state index is -1.14. The first kappa shape index (κ1) is 56.5. The summed E-state index contributed by atoms with van der Waals surface area (Å²) < 4.78 is 28.9. The first-order valence-electron chi connectivity index (χ1n) is 23.5. The molecular weight excluding hydrogens is 1070 g/mol. The Morgan fingerprint density at radius 1 is 0.592 bits per heavy atom. The van der Waals surface area contributed by atoms with Crippen LogP contribution >= 0.6 is 22.6 Å². The van der Waals surface area contributed by atoms with Crippen LogP contribution in [0.25, 0.3) is 44.0 Å². The van der Waals surface area contributed by atoms with E-state index in [1.165, 1.54) is 6.39 Å². The highest BCUT2D eigenvalue weighted by atomic mass is 127. The Morgan fingerprint density at radius 3 is 1.37 bits per heavy atom. The highest BCUT2D eigenvalue weighted by Gasteiger charge is 2.21. The second-order valence-electron chi connectivity index (χ2n) is 20.5. The largest absolute Gasteiger partial charge is 0.444 e. The van der Waals surface area contributed by atoms with Gasteiger partial charge >= 0.3 is 0 Å². The van der Waals surface area contributed by atoms with E-state index in [-0.39, 0.29) is 17.7 Å². The molecule has 0 aliphatic rings. The van der Waals surface area contributed by atoms with Gasteiger partial charge in [0.2, 0.25) is 0 Å². The van der Waals surface area contributed by atoms with Crippen molar-refractivity contribution in [1.82, 2.24) is 50.3 Å². The molecule has 4 aromatic heterocycles. The number of nitrogens with one attached hydrogen (secondary N) is 3. The van der Waals surface area contributed by atoms with Gasteiger partial charge < -0.3 is 34.6 Å². The molecule has 7 aromatic rings. The molecule has 7 rings (SSSR count). The van der Waals surface area contributed by atoms with Crippen molar-refractivity contribution in [1.29, 1.82) is 0 Å². The summed E-state index contributed by atoms with van der Waals surface area (Å²) in [6.07, 6.45) is 3.79. The zero-order chi connectivity index (χ0) is 52.1. The van der Waals surface area contributed by atoms with E-state index in [1.807, 2.05) is 36.4 Å². The number of hydrogen-bond donors (Lipinski definition) is 3. The first-order valence-corrected chi connectivity index (χ1v) is 35.7. The number of aromatic nitrogens is 7. The maximum atomic E-state index is 12.2. The Bertz CT molecular complexity index is 2920. The number of aldehydes is 1. The average Bonchev–Trinajstić information content (AvgIpc) is 4.14. The zero-order valence-corrected chi connectivity index (χ0v) is 48.2. The molecule has 0 unspecified atom stereocenters. The van der Waals surface area contributed by atoms with Crippen LogP contribution in [0.5, 0.6) is 0 Å². The van der Waals surface area contributed by atoms with Gasteiger partial charge in [0.25, 0.3) is 17.7 Å². The van der Waals surface area contributed by atoms with Crippen LogP contribution in [-0.2, 0) is 34.4 Å². The molecule has 0 atom stereocenters. The van der Waals surface area contributed by atoms with E-state index < -0.39 is 24.2 Å². The normalized spacial score (nSPS) is 11.8. The Hall–Kier alpha value is -5.38. The second kappa shape index (κ2) is 25.3. The zero-order valence-electron chi connectivity index (χ0n) is 43.1. The molecule has 0 spiro atoms. The molecule has 0 aliphatic heterocycles. The van der Waals surface area contributed by atoms with Crippen LogP contribution < -0.4 is 16.0 Å². The van der Waals surface area contributed by atoms with Crippen LogP contribution in [0.15, 0.2) is 71.6 Å². The first-order chi connectivity index (χ1) is 33.6. The number of rotatable bonds is 20. The summed E-state index contributed by atoms with van der Waals surface area (Å²) in [5.74, 6) is -0.0359. The number of carbonyl (C=O) groups is 4. The molecule has 3 N–H and O–H groups in total. The number of nitrogens with zero attached hydrogens (tertiary/aromatic N) is 7. The van der Waals surface area contributed by atoms with Crippen molar-refractivity contribution in [2.24, 2.45) is 0 Å². The average molecular weight is 1140 g/mol. The maximum Gasteiger partial charge on any atom is 0.272 e. The van der Waals surface area contributed by atoms with E-state index in [0.29, 0.717) is 67.2 Å². The van der Waals surface area contributed by atoms with E-state index in [9.17, 15) is 19.2 Å². The van der Waals surface area contributed by atoms with Crippen LogP contribution in [-0.4, -0.2) is 124 Å². The van der Waals surface area contributed by atoms with Gasteiger partial charge in [0.05, 0.1) is 22.7 Å². The fourth-order valence-electron chi connectivity index (χ4n) is 6.85. The summed E-state index contributed by atoms with van der Waals surface area (Å²) >= 11 is 2.24. The minimum Gasteiger partial charge on any atom is -0.444 e. The predicted molar refractivity (Wildman–Crippen MR) is 295 cm³/mol. The summed E-state index contributed by atoms with van der Waals surface area (Å²) in [5, 5.41) is 23.4. The number of oxazole rings is 1. The number of fused-ring (bicyclic) bond motifs is 3. The number of benzene rings is 3. The smallest absolute Gasteiger partial charge is 0.272 e. The van der Waals surface area contributed by atoms with Crippen molar-refractivity contribution in [2.75, 3.05) is 41.0 Å². The van der Waals surface area contributed by atoms with E-state index in [0.717, 1.165) is 67.5 Å². The molecule has 0 aliphatic carbocycles. The molecule has 22 heteroatoms. The number of amides is 3. The third kappa shape index (κ3) is 16.3. The molecule has 0 radical (unpaired) electrons. The molecule has 0 bridgehead atoms. The van der Waals surface area contributed by atoms with Crippen LogP contribution in [0.4, 0.5) is 0 Å². The summed E-state index contributed by atoms with van der Waals surface area (Å²) in [5.41, 5.74) is 5.04. The molecule has 3 amide bonds. The SMILES string of the molecule is CNC(=O)c1nn(COCC[Si](C)(C)C)c2ccc(-c3cnco3)cc12.CNC(=O)c1nn(COCC[Si](C)(C)C)c2ccc(C=O)cc12.CNC(=O)c1nn(COCC[Si](C)(C)C)c2ccc(I)cc12. The Labute approximate surface area is 432 Å². The van der Waals surface area contributed by atoms with Crippen molar-refractivity contribution in [3.05, 3.63) is 93.4 Å². The van der Waals surface area contributed by atoms with Gasteiger partial charge in [0, 0.05) is 96.0 Å². The standard InChI is InChI=1S/C18H24N4O3Si.C16H23N3O3Si.C15H22IN3O2Si/c1-19-18(23)17-14-9-13(16-10-20-11-25-16)5-6-15(14)22(21-17)12-24-7-8-26(2,3)4;1-17-16(21)15-13-9-12(10-20)5-6-14(13)19(18-15)11-22-7-8-23(2,3)4;1-17-15(20)14-12-9-11(16)5-6-13(12)19(18-14)10-21-7-8-22(2,3)4/h5-6,9-11H,7-8,12H2,1-4H3,(H,19,23);5-6,9-10H,7-8,11H2,1-4H3,(H,17,21);5-6,9H,7-8,10H2,1-4H3,(H,17,20). The number of halogens is 1. The molecule has 4 heterocycles. The minimum absolute atomic E-state index is 0.173. The van der Waals surface area contributed by atoms with E-state index in [2.05, 4.69) is 118 Å². The second-order valence-corrected chi connectivity index (χ2v) is 38.6. The fourth-order valence-corrected chi connectivity index (χ4v) is 9.62. The van der Waals surface area contributed by atoms with Crippen LogP contribution in [0.2, 0.25) is 77.1 Å². The van der Waals surface area contributed by atoms with Crippen LogP contribution in [0.3, 0.4) is 0 Å². The van der Waals surface area contributed by atoms with E-state index >= 15 is 0 Å². The Morgan fingerprint density at radius 2 is 0.986 bits per heavy atom. The van der Waals surface area contributed by atoms with Crippen molar-refractivity contribution >= 4 is 104 Å². The summed E-state index contributed by atoms with van der Waals surface area (Å²) in [7, 11) is 1.40. The topological polar surface area (TPSA) is 212 Å². The predicted octanol–water partition coefficient (Wildman–Crippen LogP) is 9.20. The van der Waals surface area contributed by atoms with Crippen molar-refractivity contribution in [2.45, 2.75) is 97.2 Å². The number of hydrogen-bond acceptors (Lipinski definition) is 12. The Balaban J connectivity index is 0.000000199. The lowest BCUT2D eigenvalue weighted by Gasteiger charge is -2.15. The van der Waals surface area contributed by atoms with Crippen molar-refractivity contribution < 1.29 is 37.8 Å². The molecule has 71 heavy (non-hydrogen) atoms. The summed E-state index contributed by atoms with van der Waals surface area (Å²) in [4.78, 5) is 51.1. The van der Waals surface area contributed by atoms with Gasteiger partial charge in [-0.2, -0.15) is 15.3 Å². The molecular formula is C49H69IN10O8Si3. The molecule has 3 aromatic carbocycles. The monoisotopic (exact) mass is 1140 g/mol. The van der Waals surface area contributed by atoms with Gasteiger partial charge in [0.1, 0.15) is 26.5 Å². The van der Waals surface area contributed by atoms with Gasteiger partial charge in [0.15, 0.2) is 29.2 Å².